The SMILES string of the molecule is CCC(CO)(CO)[NH2+]C[C@@H](O)COCc1cccc(OC)c1. The minimum Gasteiger partial charge on any atom is -0.497 e. The third-order valence-corrected chi connectivity index (χ3v) is 3.87. The van der Waals surface area contributed by atoms with Gasteiger partial charge in [0.2, 0.25) is 0 Å². The number of nitrogens with two attached hydrogens (primary N) is 1. The van der Waals surface area contributed by atoms with Crippen LogP contribution in [0.15, 0.2) is 24.3 Å². The van der Waals surface area contributed by atoms with Gasteiger partial charge in [-0.05, 0) is 17.7 Å². The lowest BCUT2D eigenvalue weighted by Gasteiger charge is -2.27. The van der Waals surface area contributed by atoms with E-state index in [4.69, 9.17) is 9.47 Å². The van der Waals surface area contributed by atoms with Crippen LogP contribution in [0.25, 0.3) is 0 Å². The second-order valence-corrected chi connectivity index (χ2v) is 5.49. The predicted molar refractivity (Wildman–Crippen MR) is 82.6 cm³/mol. The van der Waals surface area contributed by atoms with Crippen molar-refractivity contribution in [1.82, 2.24) is 0 Å². The van der Waals surface area contributed by atoms with Crippen molar-refractivity contribution >= 4 is 0 Å². The lowest BCUT2D eigenvalue weighted by atomic mass is 9.98. The molecule has 0 amide bonds. The number of hydrogen-bond acceptors (Lipinski definition) is 5. The highest BCUT2D eigenvalue weighted by molar-refractivity contribution is 5.27. The molecule has 22 heavy (non-hydrogen) atoms. The molecule has 0 unspecified atom stereocenters. The van der Waals surface area contributed by atoms with E-state index >= 15 is 0 Å². The molecular weight excluding hydrogens is 286 g/mol. The van der Waals surface area contributed by atoms with E-state index in [0.29, 0.717) is 19.6 Å². The molecule has 0 heterocycles. The molecule has 0 saturated carbocycles. The molecule has 0 spiro atoms. The quantitative estimate of drug-likeness (QED) is 0.432. The summed E-state index contributed by atoms with van der Waals surface area (Å²) in [6.45, 7) is 2.61. The Kier molecular flexibility index (Phi) is 8.37. The maximum absolute atomic E-state index is 9.93. The molecule has 0 aromatic heterocycles. The molecule has 1 aromatic rings. The van der Waals surface area contributed by atoms with E-state index in [1.54, 1.807) is 12.4 Å². The maximum atomic E-state index is 9.93. The van der Waals surface area contributed by atoms with Gasteiger partial charge in [0.1, 0.15) is 37.2 Å². The van der Waals surface area contributed by atoms with E-state index in [1.165, 1.54) is 0 Å². The van der Waals surface area contributed by atoms with Crippen LogP contribution in [0.5, 0.6) is 5.75 Å². The molecule has 0 aliphatic carbocycles. The summed E-state index contributed by atoms with van der Waals surface area (Å²) in [7, 11) is 1.61. The smallest absolute Gasteiger partial charge is 0.142 e. The number of ether oxygens (including phenoxy) is 2. The molecule has 0 fully saturated rings. The summed E-state index contributed by atoms with van der Waals surface area (Å²) in [5, 5.41) is 30.4. The molecule has 126 valence electrons. The summed E-state index contributed by atoms with van der Waals surface area (Å²) in [5.41, 5.74) is 0.345. The van der Waals surface area contributed by atoms with Crippen LogP contribution in [0.2, 0.25) is 0 Å². The number of benzene rings is 1. The van der Waals surface area contributed by atoms with E-state index < -0.39 is 11.6 Å². The fourth-order valence-electron chi connectivity index (χ4n) is 2.08. The molecule has 0 aliphatic heterocycles. The Labute approximate surface area is 131 Å². The van der Waals surface area contributed by atoms with Crippen LogP contribution in [0.3, 0.4) is 0 Å². The van der Waals surface area contributed by atoms with Crippen LogP contribution in [0.4, 0.5) is 0 Å². The topological polar surface area (TPSA) is 95.8 Å². The monoisotopic (exact) mass is 314 g/mol. The summed E-state index contributed by atoms with van der Waals surface area (Å²) in [6, 6.07) is 7.57. The zero-order valence-corrected chi connectivity index (χ0v) is 13.4. The van der Waals surface area contributed by atoms with Crippen molar-refractivity contribution in [3.8, 4) is 5.75 Å². The van der Waals surface area contributed by atoms with Gasteiger partial charge in [0.15, 0.2) is 0 Å². The minimum absolute atomic E-state index is 0.128. The molecule has 1 atom stereocenters. The van der Waals surface area contributed by atoms with Crippen LogP contribution >= 0.6 is 0 Å². The molecule has 1 rings (SSSR count). The molecule has 5 N–H and O–H groups in total. The lowest BCUT2D eigenvalue weighted by Crippen LogP contribution is -3.00. The third kappa shape index (κ3) is 5.90. The zero-order chi connectivity index (χ0) is 16.4. The van der Waals surface area contributed by atoms with Crippen molar-refractivity contribution in [3.05, 3.63) is 29.8 Å². The maximum Gasteiger partial charge on any atom is 0.142 e. The van der Waals surface area contributed by atoms with E-state index in [2.05, 4.69) is 0 Å². The van der Waals surface area contributed by atoms with Crippen LogP contribution in [0, 0.1) is 0 Å². The van der Waals surface area contributed by atoms with Crippen LogP contribution in [-0.4, -0.2) is 60.4 Å². The van der Waals surface area contributed by atoms with Crippen LogP contribution < -0.4 is 10.1 Å². The number of aliphatic hydroxyl groups is 3. The van der Waals surface area contributed by atoms with Crippen molar-refractivity contribution in [2.45, 2.75) is 31.6 Å². The second kappa shape index (κ2) is 9.76. The second-order valence-electron chi connectivity index (χ2n) is 5.49. The number of aliphatic hydroxyl groups excluding tert-OH is 3. The first-order valence-corrected chi connectivity index (χ1v) is 7.54. The van der Waals surface area contributed by atoms with Gasteiger partial charge in [-0.3, -0.25) is 0 Å². The Morgan fingerprint density at radius 1 is 1.27 bits per heavy atom. The Morgan fingerprint density at radius 2 is 2.00 bits per heavy atom. The van der Waals surface area contributed by atoms with Gasteiger partial charge in [0.05, 0.1) is 20.3 Å². The fourth-order valence-corrected chi connectivity index (χ4v) is 2.08. The highest BCUT2D eigenvalue weighted by Gasteiger charge is 2.30. The van der Waals surface area contributed by atoms with Gasteiger partial charge in [-0.15, -0.1) is 0 Å². The van der Waals surface area contributed by atoms with Crippen molar-refractivity contribution in [3.63, 3.8) is 0 Å². The largest absolute Gasteiger partial charge is 0.497 e. The first kappa shape index (κ1) is 18.9. The zero-order valence-electron chi connectivity index (χ0n) is 13.4. The van der Waals surface area contributed by atoms with E-state index in [0.717, 1.165) is 11.3 Å². The number of rotatable bonds is 11. The van der Waals surface area contributed by atoms with E-state index in [1.807, 2.05) is 31.2 Å². The molecule has 6 nitrogen and oxygen atoms in total. The summed E-state index contributed by atoms with van der Waals surface area (Å²) >= 11 is 0. The summed E-state index contributed by atoms with van der Waals surface area (Å²) in [5.74, 6) is 0.772. The summed E-state index contributed by atoms with van der Waals surface area (Å²) in [6.07, 6.45) is -0.0353. The van der Waals surface area contributed by atoms with Crippen molar-refractivity contribution in [2.24, 2.45) is 0 Å². The Hall–Kier alpha value is -1.18. The van der Waals surface area contributed by atoms with Gasteiger partial charge < -0.3 is 30.1 Å². The number of quaternary nitrogens is 1. The van der Waals surface area contributed by atoms with Gasteiger partial charge in [-0.25, -0.2) is 0 Å². The van der Waals surface area contributed by atoms with Crippen molar-refractivity contribution in [1.29, 1.82) is 0 Å². The van der Waals surface area contributed by atoms with Crippen molar-refractivity contribution in [2.75, 3.05) is 33.5 Å². The highest BCUT2D eigenvalue weighted by Crippen LogP contribution is 2.13. The molecule has 6 heteroatoms. The lowest BCUT2D eigenvalue weighted by molar-refractivity contribution is -0.736. The average molecular weight is 314 g/mol. The van der Waals surface area contributed by atoms with E-state index in [-0.39, 0.29) is 19.8 Å². The first-order valence-electron chi connectivity index (χ1n) is 7.54. The molecule has 0 saturated heterocycles. The Morgan fingerprint density at radius 3 is 2.59 bits per heavy atom. The summed E-state index contributed by atoms with van der Waals surface area (Å²) in [4.78, 5) is 0. The third-order valence-electron chi connectivity index (χ3n) is 3.87. The van der Waals surface area contributed by atoms with Gasteiger partial charge in [0.25, 0.3) is 0 Å². The van der Waals surface area contributed by atoms with Gasteiger partial charge >= 0.3 is 0 Å². The normalized spacial score (nSPS) is 13.1. The predicted octanol–water partition coefficient (Wildman–Crippen LogP) is -0.730. The minimum atomic E-state index is -0.658. The van der Waals surface area contributed by atoms with E-state index in [9.17, 15) is 15.3 Å². The van der Waals surface area contributed by atoms with Crippen LogP contribution in [0.1, 0.15) is 18.9 Å². The molecular formula is C16H28NO5+. The van der Waals surface area contributed by atoms with Gasteiger partial charge in [-0.1, -0.05) is 19.1 Å². The number of methoxy groups -OCH3 is 1. The highest BCUT2D eigenvalue weighted by atomic mass is 16.5. The first-order chi connectivity index (χ1) is 10.6. The number of hydrogen-bond donors (Lipinski definition) is 4. The van der Waals surface area contributed by atoms with Gasteiger partial charge in [-0.2, -0.15) is 0 Å². The Balaban J connectivity index is 2.32. The standard InChI is InChI=1S/C16H27NO5/c1-3-16(11-18,12-19)17-8-14(20)10-22-9-13-5-4-6-15(7-13)21-2/h4-7,14,17-20H,3,8-12H2,1-2H3/p+1/t14-/m1/s1. The molecule has 0 bridgehead atoms. The molecule has 0 radical (unpaired) electrons. The molecule has 0 aliphatic rings. The van der Waals surface area contributed by atoms with Crippen LogP contribution in [-0.2, 0) is 11.3 Å². The fraction of sp³-hybridized carbons (Fsp3) is 0.625. The summed E-state index contributed by atoms with van der Waals surface area (Å²) < 4.78 is 10.6. The van der Waals surface area contributed by atoms with Crippen molar-refractivity contribution < 1.29 is 30.1 Å². The average Bonchev–Trinajstić information content (AvgIpc) is 2.57. The van der Waals surface area contributed by atoms with Gasteiger partial charge in [0, 0.05) is 6.42 Å². The Bertz CT molecular complexity index is 414. The molecule has 1 aromatic carbocycles.